The van der Waals surface area contributed by atoms with Crippen LogP contribution in [-0.4, -0.2) is 39.3 Å². The van der Waals surface area contributed by atoms with Crippen molar-refractivity contribution in [2.45, 2.75) is 6.92 Å². The quantitative estimate of drug-likeness (QED) is 0.701. The van der Waals surface area contributed by atoms with Gasteiger partial charge in [0, 0.05) is 25.4 Å². The highest BCUT2D eigenvalue weighted by Gasteiger charge is 2.06. The highest BCUT2D eigenvalue weighted by Crippen LogP contribution is 2.20. The van der Waals surface area contributed by atoms with E-state index in [0.29, 0.717) is 25.4 Å². The Morgan fingerprint density at radius 3 is 2.84 bits per heavy atom. The molecule has 0 saturated heterocycles. The molecule has 2 N–H and O–H groups in total. The van der Waals surface area contributed by atoms with Gasteiger partial charge in [0.15, 0.2) is 11.6 Å². The van der Waals surface area contributed by atoms with E-state index in [1.54, 1.807) is 20.1 Å². The van der Waals surface area contributed by atoms with Crippen LogP contribution >= 0.6 is 0 Å². The van der Waals surface area contributed by atoms with Gasteiger partial charge in [0.05, 0.1) is 19.8 Å². The molecule has 0 bridgehead atoms. The fourth-order valence-electron chi connectivity index (χ4n) is 1.43. The van der Waals surface area contributed by atoms with Gasteiger partial charge in [-0.15, -0.1) is 0 Å². The number of hydrogen-bond acceptors (Lipinski definition) is 4. The van der Waals surface area contributed by atoms with Crippen LogP contribution in [-0.2, 0) is 9.53 Å². The number of rotatable bonds is 8. The lowest BCUT2D eigenvalue weighted by molar-refractivity contribution is -0.115. The Labute approximate surface area is 112 Å². The van der Waals surface area contributed by atoms with Gasteiger partial charge in [0.25, 0.3) is 0 Å². The smallest absolute Gasteiger partial charge is 0.238 e. The molecular formula is C13H19FN2O3. The zero-order chi connectivity index (χ0) is 14.1. The molecule has 6 heteroatoms. The molecule has 1 aromatic carbocycles. The van der Waals surface area contributed by atoms with Crippen molar-refractivity contribution < 1.29 is 18.7 Å². The van der Waals surface area contributed by atoms with E-state index in [-0.39, 0.29) is 18.2 Å². The van der Waals surface area contributed by atoms with Gasteiger partial charge in [-0.05, 0) is 19.1 Å². The fourth-order valence-corrected chi connectivity index (χ4v) is 1.43. The average Bonchev–Trinajstić information content (AvgIpc) is 2.38. The van der Waals surface area contributed by atoms with Crippen molar-refractivity contribution in [2.75, 3.05) is 38.7 Å². The summed E-state index contributed by atoms with van der Waals surface area (Å²) in [6, 6.07) is 4.33. The number of hydrogen-bond donors (Lipinski definition) is 2. The molecule has 0 heterocycles. The number of benzene rings is 1. The molecule has 5 nitrogen and oxygen atoms in total. The van der Waals surface area contributed by atoms with Gasteiger partial charge in [0.2, 0.25) is 5.91 Å². The minimum absolute atomic E-state index is 0.151. The van der Waals surface area contributed by atoms with Crippen LogP contribution in [0.2, 0.25) is 0 Å². The molecule has 0 spiro atoms. The summed E-state index contributed by atoms with van der Waals surface area (Å²) in [4.78, 5) is 11.5. The number of halogens is 1. The molecular weight excluding hydrogens is 251 g/mol. The first-order chi connectivity index (χ1) is 9.17. The lowest BCUT2D eigenvalue weighted by Gasteiger charge is -2.09. The van der Waals surface area contributed by atoms with Crippen LogP contribution in [0.4, 0.5) is 10.1 Å². The predicted molar refractivity (Wildman–Crippen MR) is 70.9 cm³/mol. The van der Waals surface area contributed by atoms with Crippen molar-refractivity contribution >= 4 is 11.6 Å². The SMILES string of the molecule is CCOc1ccc(NC(=O)CNCCOC)cc1F. The molecule has 0 aliphatic rings. The maximum Gasteiger partial charge on any atom is 0.238 e. The largest absolute Gasteiger partial charge is 0.491 e. The molecule has 0 saturated carbocycles. The van der Waals surface area contributed by atoms with Crippen LogP contribution in [0.15, 0.2) is 18.2 Å². The number of ether oxygens (including phenoxy) is 2. The van der Waals surface area contributed by atoms with E-state index >= 15 is 0 Å². The minimum atomic E-state index is -0.494. The highest BCUT2D eigenvalue weighted by molar-refractivity contribution is 5.92. The summed E-state index contributed by atoms with van der Waals surface area (Å²) in [6.07, 6.45) is 0. The van der Waals surface area contributed by atoms with Crippen LogP contribution in [0.5, 0.6) is 5.75 Å². The molecule has 0 fully saturated rings. The molecule has 0 aliphatic heterocycles. The Morgan fingerprint density at radius 1 is 1.42 bits per heavy atom. The standard InChI is InChI=1S/C13H19FN2O3/c1-3-19-12-5-4-10(8-11(12)14)16-13(17)9-15-6-7-18-2/h4-5,8,15H,3,6-7,9H2,1-2H3,(H,16,17). The summed E-state index contributed by atoms with van der Waals surface area (Å²) in [5.74, 6) is -0.551. The van der Waals surface area contributed by atoms with E-state index in [4.69, 9.17) is 9.47 Å². The van der Waals surface area contributed by atoms with Crippen molar-refractivity contribution in [1.29, 1.82) is 0 Å². The molecule has 106 valence electrons. The van der Waals surface area contributed by atoms with E-state index in [1.807, 2.05) is 0 Å². The maximum atomic E-state index is 13.5. The molecule has 0 aromatic heterocycles. The molecule has 0 atom stereocenters. The molecule has 19 heavy (non-hydrogen) atoms. The third-order valence-electron chi connectivity index (χ3n) is 2.28. The fraction of sp³-hybridized carbons (Fsp3) is 0.462. The van der Waals surface area contributed by atoms with E-state index in [9.17, 15) is 9.18 Å². The molecule has 0 unspecified atom stereocenters. The van der Waals surface area contributed by atoms with Crippen molar-refractivity contribution in [3.05, 3.63) is 24.0 Å². The topological polar surface area (TPSA) is 59.6 Å². The highest BCUT2D eigenvalue weighted by atomic mass is 19.1. The number of nitrogens with one attached hydrogen (secondary N) is 2. The summed E-state index contributed by atoms with van der Waals surface area (Å²) < 4.78 is 23.4. The average molecular weight is 270 g/mol. The predicted octanol–water partition coefficient (Wildman–Crippen LogP) is 1.40. The van der Waals surface area contributed by atoms with Crippen molar-refractivity contribution in [2.24, 2.45) is 0 Å². The van der Waals surface area contributed by atoms with E-state index < -0.39 is 5.82 Å². The normalized spacial score (nSPS) is 10.3. The van der Waals surface area contributed by atoms with Gasteiger partial charge in [-0.25, -0.2) is 4.39 Å². The Kier molecular flexibility index (Phi) is 6.84. The van der Waals surface area contributed by atoms with Gasteiger partial charge in [-0.1, -0.05) is 0 Å². The maximum absolute atomic E-state index is 13.5. The second-order valence-electron chi connectivity index (χ2n) is 3.80. The molecule has 1 aromatic rings. The van der Waals surface area contributed by atoms with Crippen LogP contribution in [0.1, 0.15) is 6.92 Å². The third-order valence-corrected chi connectivity index (χ3v) is 2.28. The van der Waals surface area contributed by atoms with Crippen LogP contribution in [0.3, 0.4) is 0 Å². The number of carbonyl (C=O) groups is 1. The van der Waals surface area contributed by atoms with Crippen LogP contribution in [0.25, 0.3) is 0 Å². The molecule has 1 rings (SSSR count). The minimum Gasteiger partial charge on any atom is -0.491 e. The van der Waals surface area contributed by atoms with Gasteiger partial charge < -0.3 is 20.1 Å². The lowest BCUT2D eigenvalue weighted by Crippen LogP contribution is -2.30. The summed E-state index contributed by atoms with van der Waals surface area (Å²) in [5.41, 5.74) is 0.402. The number of carbonyl (C=O) groups excluding carboxylic acids is 1. The lowest BCUT2D eigenvalue weighted by atomic mass is 10.3. The van der Waals surface area contributed by atoms with Crippen LogP contribution in [0, 0.1) is 5.82 Å². The van der Waals surface area contributed by atoms with Crippen molar-refractivity contribution in [1.82, 2.24) is 5.32 Å². The summed E-state index contributed by atoms with van der Waals surface area (Å²) >= 11 is 0. The first-order valence-corrected chi connectivity index (χ1v) is 6.09. The van der Waals surface area contributed by atoms with Crippen molar-refractivity contribution in [3.63, 3.8) is 0 Å². The first-order valence-electron chi connectivity index (χ1n) is 6.09. The van der Waals surface area contributed by atoms with Gasteiger partial charge in [0.1, 0.15) is 0 Å². The van der Waals surface area contributed by atoms with Crippen LogP contribution < -0.4 is 15.4 Å². The zero-order valence-corrected chi connectivity index (χ0v) is 11.2. The van der Waals surface area contributed by atoms with Crippen molar-refractivity contribution in [3.8, 4) is 5.75 Å². The van der Waals surface area contributed by atoms with Gasteiger partial charge in [-0.2, -0.15) is 0 Å². The summed E-state index contributed by atoms with van der Waals surface area (Å²) in [6.45, 7) is 3.44. The van der Waals surface area contributed by atoms with Gasteiger partial charge >= 0.3 is 0 Å². The zero-order valence-electron chi connectivity index (χ0n) is 11.2. The second-order valence-corrected chi connectivity index (χ2v) is 3.80. The second kappa shape index (κ2) is 8.44. The first kappa shape index (κ1) is 15.4. The Hall–Kier alpha value is -1.66. The molecule has 0 aliphatic carbocycles. The van der Waals surface area contributed by atoms with E-state index in [2.05, 4.69) is 10.6 Å². The third kappa shape index (κ3) is 5.67. The van der Waals surface area contributed by atoms with Gasteiger partial charge in [-0.3, -0.25) is 4.79 Å². The number of anilines is 1. The number of amides is 1. The van der Waals surface area contributed by atoms with E-state index in [0.717, 1.165) is 0 Å². The summed E-state index contributed by atoms with van der Waals surface area (Å²) in [7, 11) is 1.59. The molecule has 1 amide bonds. The number of methoxy groups -OCH3 is 1. The molecule has 0 radical (unpaired) electrons. The van der Waals surface area contributed by atoms with E-state index in [1.165, 1.54) is 12.1 Å². The Balaban J connectivity index is 2.44. The Bertz CT molecular complexity index is 413. The summed E-state index contributed by atoms with van der Waals surface area (Å²) in [5, 5.41) is 5.49. The Morgan fingerprint density at radius 2 is 2.21 bits per heavy atom. The monoisotopic (exact) mass is 270 g/mol.